The van der Waals surface area contributed by atoms with Crippen LogP contribution in [-0.2, 0) is 0 Å². The molecule has 0 aliphatic carbocycles. The number of hydrogen-bond acceptors (Lipinski definition) is 5. The zero-order valence-corrected chi connectivity index (χ0v) is 45.2. The highest BCUT2D eigenvalue weighted by Gasteiger charge is 2.44. The van der Waals surface area contributed by atoms with Crippen molar-refractivity contribution in [2.45, 2.75) is 0 Å². The van der Waals surface area contributed by atoms with Crippen LogP contribution in [0, 0.1) is 0 Å². The van der Waals surface area contributed by atoms with Crippen LogP contribution in [0.15, 0.2) is 303 Å². The first-order chi connectivity index (χ1) is 41.1. The molecule has 1 aromatic heterocycles. The number of hydrogen-bond donors (Lipinski definition) is 0. The lowest BCUT2D eigenvalue weighted by molar-refractivity contribution is 1.07. The molecule has 0 spiro atoms. The fourth-order valence-electron chi connectivity index (χ4n) is 12.7. The minimum atomic E-state index is -0.185. The zero-order chi connectivity index (χ0) is 54.8. The maximum absolute atomic E-state index is 5.48. The Balaban J connectivity index is 1.06. The van der Waals surface area contributed by atoms with Crippen LogP contribution in [0.5, 0.6) is 0 Å². The molecule has 0 N–H and O–H groups in total. The average Bonchev–Trinajstić information content (AvgIpc) is 0.974. The molecule has 6 heteroatoms. The molecule has 386 valence electrons. The van der Waals surface area contributed by atoms with Gasteiger partial charge in [0.1, 0.15) is 0 Å². The molecule has 83 heavy (non-hydrogen) atoms. The summed E-state index contributed by atoms with van der Waals surface area (Å²) >= 11 is 0. The largest absolute Gasteiger partial charge is 0.311 e. The first-order valence-electron chi connectivity index (χ1n) is 28.3. The van der Waals surface area contributed by atoms with Gasteiger partial charge < -0.3 is 9.80 Å². The molecule has 0 amide bonds. The minimum absolute atomic E-state index is 0.185. The van der Waals surface area contributed by atoms with E-state index in [1.807, 2.05) is 36.4 Å². The number of aromatic nitrogens is 3. The molecule has 0 bridgehead atoms. The van der Waals surface area contributed by atoms with Gasteiger partial charge in [-0.05, 0) is 143 Å². The molecule has 2 aliphatic rings. The normalized spacial score (nSPS) is 12.3. The summed E-state index contributed by atoms with van der Waals surface area (Å²) in [5.41, 5.74) is 21.8. The third kappa shape index (κ3) is 8.55. The Morgan fingerprint density at radius 1 is 0.217 bits per heavy atom. The third-order valence-corrected chi connectivity index (χ3v) is 16.5. The Labute approximate surface area is 482 Å². The molecule has 3 heterocycles. The SMILES string of the molecule is c1ccc(-c2cc(-c3ccccc3)cc(N3c4cc5ccccc5cc4B4c5cc6ccccc6cc5N(c5cc(-c6ccccc6)cc(-c6ccccc6)c5)c5cc(-c6nc(-c7ccccc7)nc(-c7ccccc7)n6)cc3c54)c2)cc1. The smallest absolute Gasteiger partial charge is 0.252 e. The van der Waals surface area contributed by atoms with Crippen LogP contribution in [0.3, 0.4) is 0 Å². The number of nitrogens with zero attached hydrogens (tertiary/aromatic N) is 5. The summed E-state index contributed by atoms with van der Waals surface area (Å²) in [6, 6.07) is 110. The first kappa shape index (κ1) is 48.0. The van der Waals surface area contributed by atoms with Crippen molar-refractivity contribution in [1.82, 2.24) is 15.0 Å². The van der Waals surface area contributed by atoms with Crippen molar-refractivity contribution >= 4 is 78.8 Å². The second kappa shape index (κ2) is 20.0. The lowest BCUT2D eigenvalue weighted by Gasteiger charge is -2.45. The molecule has 2 aliphatic heterocycles. The second-order valence-corrected chi connectivity index (χ2v) is 21.6. The van der Waals surface area contributed by atoms with Crippen molar-refractivity contribution in [3.63, 3.8) is 0 Å². The Morgan fingerprint density at radius 2 is 0.494 bits per heavy atom. The van der Waals surface area contributed by atoms with E-state index in [0.717, 1.165) is 95.3 Å². The van der Waals surface area contributed by atoms with Crippen LogP contribution >= 0.6 is 0 Å². The molecule has 5 nitrogen and oxygen atoms in total. The highest BCUT2D eigenvalue weighted by atomic mass is 15.2. The first-order valence-corrected chi connectivity index (χ1v) is 28.3. The summed E-state index contributed by atoms with van der Waals surface area (Å²) in [6.07, 6.45) is 0. The summed E-state index contributed by atoms with van der Waals surface area (Å²) in [5.74, 6) is 1.78. The molecule has 16 rings (SSSR count). The summed E-state index contributed by atoms with van der Waals surface area (Å²) in [4.78, 5) is 21.2. The minimum Gasteiger partial charge on any atom is -0.311 e. The highest BCUT2D eigenvalue weighted by molar-refractivity contribution is 7.00. The van der Waals surface area contributed by atoms with E-state index in [2.05, 4.69) is 277 Å². The van der Waals surface area contributed by atoms with E-state index in [0.29, 0.717) is 17.5 Å². The van der Waals surface area contributed by atoms with Crippen LogP contribution in [0.2, 0.25) is 0 Å². The van der Waals surface area contributed by atoms with E-state index in [9.17, 15) is 0 Å². The van der Waals surface area contributed by atoms with E-state index in [4.69, 9.17) is 15.0 Å². The molecule has 0 atom stereocenters. The van der Waals surface area contributed by atoms with Gasteiger partial charge in [0, 0.05) is 50.8 Å². The summed E-state index contributed by atoms with van der Waals surface area (Å²) in [5, 5.41) is 4.71. The lowest BCUT2D eigenvalue weighted by atomic mass is 9.33. The number of anilines is 6. The van der Waals surface area contributed by atoms with Crippen LogP contribution in [0.1, 0.15) is 0 Å². The predicted octanol–water partition coefficient (Wildman–Crippen LogP) is 17.9. The molecule has 0 radical (unpaired) electrons. The molecular weight excluding hydrogens is 1010 g/mol. The van der Waals surface area contributed by atoms with E-state index in [1.165, 1.54) is 37.9 Å². The number of benzene rings is 13. The quantitative estimate of drug-likeness (QED) is 0.135. The van der Waals surface area contributed by atoms with Crippen molar-refractivity contribution in [2.24, 2.45) is 0 Å². The summed E-state index contributed by atoms with van der Waals surface area (Å²) < 4.78 is 0. The van der Waals surface area contributed by atoms with Gasteiger partial charge in [-0.1, -0.05) is 243 Å². The van der Waals surface area contributed by atoms with Crippen molar-refractivity contribution in [1.29, 1.82) is 0 Å². The third-order valence-electron chi connectivity index (χ3n) is 16.5. The van der Waals surface area contributed by atoms with E-state index in [-0.39, 0.29) is 6.71 Å². The van der Waals surface area contributed by atoms with Crippen molar-refractivity contribution in [3.05, 3.63) is 303 Å². The van der Waals surface area contributed by atoms with Gasteiger partial charge in [0.2, 0.25) is 0 Å². The van der Waals surface area contributed by atoms with Crippen LogP contribution in [0.4, 0.5) is 34.1 Å². The van der Waals surface area contributed by atoms with Crippen LogP contribution < -0.4 is 26.2 Å². The lowest BCUT2D eigenvalue weighted by Crippen LogP contribution is -2.61. The van der Waals surface area contributed by atoms with Crippen LogP contribution in [-0.4, -0.2) is 21.7 Å². The Hall–Kier alpha value is -10.9. The Bertz CT molecular complexity index is 4380. The van der Waals surface area contributed by atoms with E-state index in [1.54, 1.807) is 0 Å². The molecular formula is C77H50BN5. The Kier molecular flexibility index (Phi) is 11.6. The Morgan fingerprint density at radius 3 is 0.819 bits per heavy atom. The maximum atomic E-state index is 5.48. The van der Waals surface area contributed by atoms with E-state index < -0.39 is 0 Å². The van der Waals surface area contributed by atoms with Crippen molar-refractivity contribution < 1.29 is 0 Å². The maximum Gasteiger partial charge on any atom is 0.252 e. The molecule has 0 saturated carbocycles. The second-order valence-electron chi connectivity index (χ2n) is 21.6. The van der Waals surface area contributed by atoms with Crippen LogP contribution in [0.25, 0.3) is 100 Å². The fraction of sp³-hybridized carbons (Fsp3) is 0. The predicted molar refractivity (Wildman–Crippen MR) is 347 cm³/mol. The monoisotopic (exact) mass is 1060 g/mol. The van der Waals surface area contributed by atoms with Gasteiger partial charge >= 0.3 is 0 Å². The number of rotatable bonds is 9. The topological polar surface area (TPSA) is 45.2 Å². The van der Waals surface area contributed by atoms with Gasteiger partial charge in [0.05, 0.1) is 0 Å². The van der Waals surface area contributed by atoms with Gasteiger partial charge in [0.25, 0.3) is 6.71 Å². The van der Waals surface area contributed by atoms with Crippen molar-refractivity contribution in [3.8, 4) is 78.7 Å². The zero-order valence-electron chi connectivity index (χ0n) is 45.2. The molecule has 0 unspecified atom stereocenters. The average molecular weight is 1060 g/mol. The van der Waals surface area contributed by atoms with Gasteiger partial charge in [0.15, 0.2) is 17.5 Å². The molecule has 13 aromatic carbocycles. The highest BCUT2D eigenvalue weighted by Crippen LogP contribution is 2.49. The van der Waals surface area contributed by atoms with Gasteiger partial charge in [-0.15, -0.1) is 0 Å². The molecule has 14 aromatic rings. The number of fused-ring (bicyclic) bond motifs is 6. The van der Waals surface area contributed by atoms with Crippen molar-refractivity contribution in [2.75, 3.05) is 9.80 Å². The molecule has 0 saturated heterocycles. The molecule has 0 fully saturated rings. The van der Waals surface area contributed by atoms with E-state index >= 15 is 0 Å². The summed E-state index contributed by atoms with van der Waals surface area (Å²) in [6.45, 7) is -0.185. The summed E-state index contributed by atoms with van der Waals surface area (Å²) in [7, 11) is 0. The standard InChI is InChI=1S/C77H50BN5/c1-7-23-51(24-8-1)61-39-62(52-25-9-2-10-26-52)42-66(41-61)82-70-47-59-37-21-19-35-57(59)45-68(70)78-69-46-58-36-20-22-38-60(58)48-71(69)83(67-43-63(53-27-11-3-12-28-53)40-64(44-67)54-29-13-4-14-30-54)73-50-65(49-72(82)74(73)78)77-80-75(55-31-15-5-16-32-55)79-76(81-77)56-33-17-6-18-34-56/h1-50H. The fourth-order valence-corrected chi connectivity index (χ4v) is 12.7. The van der Waals surface area contributed by atoms with Gasteiger partial charge in [-0.3, -0.25) is 0 Å². The van der Waals surface area contributed by atoms with Gasteiger partial charge in [-0.2, -0.15) is 0 Å². The van der Waals surface area contributed by atoms with Gasteiger partial charge in [-0.25, -0.2) is 15.0 Å².